The van der Waals surface area contributed by atoms with E-state index in [1.807, 2.05) is 6.92 Å². The predicted octanol–water partition coefficient (Wildman–Crippen LogP) is 2.17. The van der Waals surface area contributed by atoms with Crippen molar-refractivity contribution in [1.29, 1.82) is 0 Å². The van der Waals surface area contributed by atoms with Crippen LogP contribution in [0.25, 0.3) is 0 Å². The lowest BCUT2D eigenvalue weighted by molar-refractivity contribution is 0.244. The molecule has 0 aromatic carbocycles. The van der Waals surface area contributed by atoms with Gasteiger partial charge in [0.15, 0.2) is 0 Å². The highest BCUT2D eigenvalue weighted by atomic mass is 15.1. The van der Waals surface area contributed by atoms with Crippen LogP contribution < -0.4 is 11.1 Å². The van der Waals surface area contributed by atoms with Gasteiger partial charge in [-0.1, -0.05) is 13.3 Å². The smallest absolute Gasteiger partial charge is 0.0792 e. The minimum absolute atomic E-state index is 0.0473. The summed E-state index contributed by atoms with van der Waals surface area (Å²) in [5.74, 6) is 0. The normalized spacial score (nSPS) is 18.0. The maximum absolute atomic E-state index is 7.87. The molecule has 0 fully saturated rings. The SMILES string of the molecule is CCCC(C)([NH])NC(C)(C)C. The van der Waals surface area contributed by atoms with Crippen LogP contribution >= 0.6 is 0 Å². The molecule has 0 aliphatic heterocycles. The van der Waals surface area contributed by atoms with E-state index in [0.29, 0.717) is 0 Å². The van der Waals surface area contributed by atoms with E-state index in [4.69, 9.17) is 5.73 Å². The molecule has 2 nitrogen and oxygen atoms in total. The molecule has 0 rings (SSSR count). The van der Waals surface area contributed by atoms with E-state index in [1.165, 1.54) is 0 Å². The van der Waals surface area contributed by atoms with Crippen LogP contribution in [0.2, 0.25) is 0 Å². The first-order valence-electron chi connectivity index (χ1n) is 4.31. The van der Waals surface area contributed by atoms with Crippen molar-refractivity contribution in [3.63, 3.8) is 0 Å². The molecule has 0 aliphatic rings. The Kier molecular flexibility index (Phi) is 3.52. The lowest BCUT2D eigenvalue weighted by Crippen LogP contribution is -2.53. The summed E-state index contributed by atoms with van der Waals surface area (Å²) in [5.41, 5.74) is 7.45. The third-order valence-electron chi connectivity index (χ3n) is 1.40. The summed E-state index contributed by atoms with van der Waals surface area (Å²) in [7, 11) is 0. The molecule has 0 saturated heterocycles. The maximum atomic E-state index is 7.87. The number of rotatable bonds is 3. The summed E-state index contributed by atoms with van der Waals surface area (Å²) in [6, 6.07) is 0. The summed E-state index contributed by atoms with van der Waals surface area (Å²) in [6.07, 6.45) is 1.97. The highest BCUT2D eigenvalue weighted by Gasteiger charge is 2.23. The highest BCUT2D eigenvalue weighted by molar-refractivity contribution is 4.82. The second-order valence-electron chi connectivity index (χ2n) is 4.46. The maximum Gasteiger partial charge on any atom is 0.0792 e. The topological polar surface area (TPSA) is 35.8 Å². The summed E-state index contributed by atoms with van der Waals surface area (Å²) in [4.78, 5) is 0. The van der Waals surface area contributed by atoms with Crippen LogP contribution in [0.1, 0.15) is 47.5 Å². The lowest BCUT2D eigenvalue weighted by Gasteiger charge is -2.33. The molecule has 0 aromatic heterocycles. The molecule has 2 heteroatoms. The monoisotopic (exact) mass is 157 g/mol. The molecule has 1 radical (unpaired) electrons. The minimum Gasteiger partial charge on any atom is -0.294 e. The number of hydrogen-bond donors (Lipinski definition) is 1. The van der Waals surface area contributed by atoms with E-state index in [0.717, 1.165) is 12.8 Å². The molecule has 67 valence electrons. The van der Waals surface area contributed by atoms with E-state index < -0.39 is 5.66 Å². The van der Waals surface area contributed by atoms with E-state index in [9.17, 15) is 0 Å². The van der Waals surface area contributed by atoms with Crippen molar-refractivity contribution in [3.8, 4) is 0 Å². The van der Waals surface area contributed by atoms with Gasteiger partial charge in [0.05, 0.1) is 5.66 Å². The van der Waals surface area contributed by atoms with Crippen LogP contribution in [-0.4, -0.2) is 11.2 Å². The van der Waals surface area contributed by atoms with Crippen LogP contribution in [-0.2, 0) is 0 Å². The lowest BCUT2D eigenvalue weighted by atomic mass is 10.0. The van der Waals surface area contributed by atoms with Gasteiger partial charge in [0, 0.05) is 5.54 Å². The van der Waals surface area contributed by atoms with Gasteiger partial charge in [0.25, 0.3) is 0 Å². The molecule has 0 aromatic rings. The molecule has 1 unspecified atom stereocenters. The minimum atomic E-state index is -0.465. The quantitative estimate of drug-likeness (QED) is 0.669. The van der Waals surface area contributed by atoms with Gasteiger partial charge in [-0.25, -0.2) is 5.73 Å². The fourth-order valence-electron chi connectivity index (χ4n) is 1.39. The molecule has 0 spiro atoms. The zero-order valence-corrected chi connectivity index (χ0v) is 8.41. The summed E-state index contributed by atoms with van der Waals surface area (Å²) >= 11 is 0. The Labute approximate surface area is 70.5 Å². The standard InChI is InChI=1S/C9H21N2/c1-6-7-9(5,10)11-8(2,3)4/h10-11H,6-7H2,1-5H3. The zero-order chi connectivity index (χ0) is 9.12. The van der Waals surface area contributed by atoms with Crippen molar-refractivity contribution < 1.29 is 0 Å². The van der Waals surface area contributed by atoms with E-state index in [-0.39, 0.29) is 5.54 Å². The molecule has 2 N–H and O–H groups in total. The van der Waals surface area contributed by atoms with Crippen LogP contribution in [0.15, 0.2) is 0 Å². The van der Waals surface area contributed by atoms with Crippen molar-refractivity contribution in [1.82, 2.24) is 11.1 Å². The van der Waals surface area contributed by atoms with Gasteiger partial charge in [-0.2, -0.15) is 0 Å². The number of hydrogen-bond acceptors (Lipinski definition) is 1. The van der Waals surface area contributed by atoms with Crippen LogP contribution in [0, 0.1) is 0 Å². The predicted molar refractivity (Wildman–Crippen MR) is 49.3 cm³/mol. The molecule has 0 bridgehead atoms. The third kappa shape index (κ3) is 6.32. The van der Waals surface area contributed by atoms with Crippen molar-refractivity contribution in [2.24, 2.45) is 0 Å². The molecular formula is C9H21N2. The fourth-order valence-corrected chi connectivity index (χ4v) is 1.39. The summed E-state index contributed by atoms with van der Waals surface area (Å²) < 4.78 is 0. The average molecular weight is 157 g/mol. The Hall–Kier alpha value is -0.0800. The van der Waals surface area contributed by atoms with Gasteiger partial charge < -0.3 is 0 Å². The van der Waals surface area contributed by atoms with Crippen molar-refractivity contribution in [2.45, 2.75) is 58.7 Å². The largest absolute Gasteiger partial charge is 0.294 e. The Morgan fingerprint density at radius 1 is 1.18 bits per heavy atom. The Morgan fingerprint density at radius 3 is 1.91 bits per heavy atom. The Bertz CT molecular complexity index is 111. The number of nitrogens with one attached hydrogen (secondary N) is 2. The Balaban J connectivity index is 3.91. The van der Waals surface area contributed by atoms with Gasteiger partial charge in [-0.3, -0.25) is 5.32 Å². The first-order valence-corrected chi connectivity index (χ1v) is 4.31. The molecule has 0 aliphatic carbocycles. The molecule has 0 amide bonds. The van der Waals surface area contributed by atoms with Gasteiger partial charge in [-0.05, 0) is 34.1 Å². The Morgan fingerprint density at radius 2 is 1.64 bits per heavy atom. The highest BCUT2D eigenvalue weighted by Crippen LogP contribution is 2.12. The molecule has 1 atom stereocenters. The zero-order valence-electron chi connectivity index (χ0n) is 8.41. The molecule has 11 heavy (non-hydrogen) atoms. The van der Waals surface area contributed by atoms with Crippen LogP contribution in [0.3, 0.4) is 0 Å². The third-order valence-corrected chi connectivity index (χ3v) is 1.40. The van der Waals surface area contributed by atoms with E-state index in [1.54, 1.807) is 0 Å². The summed E-state index contributed by atoms with van der Waals surface area (Å²) in [5, 5.41) is 3.26. The van der Waals surface area contributed by atoms with Crippen LogP contribution in [0.5, 0.6) is 0 Å². The van der Waals surface area contributed by atoms with Crippen LogP contribution in [0.4, 0.5) is 0 Å². The first-order chi connectivity index (χ1) is 4.77. The molecule has 0 saturated carbocycles. The first kappa shape index (κ1) is 10.9. The van der Waals surface area contributed by atoms with Gasteiger partial charge in [-0.15, -0.1) is 0 Å². The van der Waals surface area contributed by atoms with E-state index in [2.05, 4.69) is 33.0 Å². The van der Waals surface area contributed by atoms with Crippen molar-refractivity contribution >= 4 is 0 Å². The second kappa shape index (κ2) is 3.55. The fraction of sp³-hybridized carbons (Fsp3) is 1.00. The van der Waals surface area contributed by atoms with Gasteiger partial charge in [0.2, 0.25) is 0 Å². The van der Waals surface area contributed by atoms with Crippen molar-refractivity contribution in [2.75, 3.05) is 0 Å². The van der Waals surface area contributed by atoms with Gasteiger partial charge >= 0.3 is 0 Å². The molecule has 0 heterocycles. The second-order valence-corrected chi connectivity index (χ2v) is 4.46. The van der Waals surface area contributed by atoms with E-state index >= 15 is 0 Å². The average Bonchev–Trinajstić information content (AvgIpc) is 1.55. The van der Waals surface area contributed by atoms with Gasteiger partial charge in [0.1, 0.15) is 0 Å². The molecular weight excluding hydrogens is 136 g/mol. The van der Waals surface area contributed by atoms with Crippen molar-refractivity contribution in [3.05, 3.63) is 0 Å². The summed E-state index contributed by atoms with van der Waals surface area (Å²) in [6.45, 7) is 10.3.